The summed E-state index contributed by atoms with van der Waals surface area (Å²) in [5.74, 6) is -0.597. The number of anilines is 1. The molecule has 1 amide bonds. The van der Waals surface area contributed by atoms with Crippen molar-refractivity contribution in [3.8, 4) is 0 Å². The standard InChI is InChI=1S/C14H13FN2O2/c1-17(13-4-2-11(15)3-5-13)14(19)10-6-7-16-12(8-10)9-18/h2-8,18H,9H2,1H3. The first kappa shape index (κ1) is 13.2. The molecule has 0 fully saturated rings. The first-order valence-electron chi connectivity index (χ1n) is 5.71. The van der Waals surface area contributed by atoms with Crippen LogP contribution in [0, 0.1) is 5.82 Å². The number of aromatic nitrogens is 1. The summed E-state index contributed by atoms with van der Waals surface area (Å²) in [6, 6.07) is 8.75. The third-order valence-electron chi connectivity index (χ3n) is 2.74. The lowest BCUT2D eigenvalue weighted by Crippen LogP contribution is -2.26. The number of hydrogen-bond donors (Lipinski definition) is 1. The Labute approximate surface area is 110 Å². The van der Waals surface area contributed by atoms with Crippen LogP contribution in [0.1, 0.15) is 16.1 Å². The number of benzene rings is 1. The molecule has 19 heavy (non-hydrogen) atoms. The number of rotatable bonds is 3. The number of nitrogens with zero attached hydrogens (tertiary/aromatic N) is 2. The minimum Gasteiger partial charge on any atom is -0.390 e. The zero-order valence-corrected chi connectivity index (χ0v) is 10.4. The van der Waals surface area contributed by atoms with E-state index in [4.69, 9.17) is 5.11 Å². The van der Waals surface area contributed by atoms with E-state index < -0.39 is 0 Å². The molecule has 5 heteroatoms. The maximum atomic E-state index is 12.8. The molecule has 0 radical (unpaired) electrons. The van der Waals surface area contributed by atoms with Gasteiger partial charge in [-0.25, -0.2) is 4.39 Å². The van der Waals surface area contributed by atoms with Crippen molar-refractivity contribution in [2.24, 2.45) is 0 Å². The Bertz CT molecular complexity index is 584. The van der Waals surface area contributed by atoms with Gasteiger partial charge in [0.15, 0.2) is 0 Å². The molecule has 0 aliphatic carbocycles. The molecular formula is C14H13FN2O2. The molecule has 2 rings (SSSR count). The zero-order chi connectivity index (χ0) is 13.8. The lowest BCUT2D eigenvalue weighted by Gasteiger charge is -2.17. The summed E-state index contributed by atoms with van der Waals surface area (Å²) < 4.78 is 12.8. The number of hydrogen-bond acceptors (Lipinski definition) is 3. The smallest absolute Gasteiger partial charge is 0.258 e. The maximum Gasteiger partial charge on any atom is 0.258 e. The first-order chi connectivity index (χ1) is 9.11. The molecule has 0 aliphatic rings. The van der Waals surface area contributed by atoms with Gasteiger partial charge in [0.05, 0.1) is 12.3 Å². The Morgan fingerprint density at radius 2 is 2.00 bits per heavy atom. The van der Waals surface area contributed by atoms with Crippen LogP contribution in [-0.4, -0.2) is 23.0 Å². The van der Waals surface area contributed by atoms with Crippen molar-refractivity contribution >= 4 is 11.6 Å². The van der Waals surface area contributed by atoms with E-state index in [1.54, 1.807) is 13.1 Å². The number of aliphatic hydroxyl groups excluding tert-OH is 1. The van der Waals surface area contributed by atoms with Gasteiger partial charge in [-0.05, 0) is 36.4 Å². The summed E-state index contributed by atoms with van der Waals surface area (Å²) >= 11 is 0. The van der Waals surface area contributed by atoms with Crippen LogP contribution in [0.3, 0.4) is 0 Å². The van der Waals surface area contributed by atoms with Gasteiger partial charge in [0, 0.05) is 24.5 Å². The fourth-order valence-corrected chi connectivity index (χ4v) is 1.67. The van der Waals surface area contributed by atoms with Crippen LogP contribution in [0.15, 0.2) is 42.6 Å². The zero-order valence-electron chi connectivity index (χ0n) is 10.4. The molecule has 0 unspecified atom stereocenters. The van der Waals surface area contributed by atoms with Gasteiger partial charge in [-0.3, -0.25) is 9.78 Å². The number of aliphatic hydroxyl groups is 1. The van der Waals surface area contributed by atoms with E-state index >= 15 is 0 Å². The predicted molar refractivity (Wildman–Crippen MR) is 69.3 cm³/mol. The van der Waals surface area contributed by atoms with E-state index in [2.05, 4.69) is 4.98 Å². The lowest BCUT2D eigenvalue weighted by molar-refractivity contribution is 0.0992. The number of halogens is 1. The van der Waals surface area contributed by atoms with Crippen molar-refractivity contribution < 1.29 is 14.3 Å². The van der Waals surface area contributed by atoms with Crippen LogP contribution in [-0.2, 0) is 6.61 Å². The first-order valence-corrected chi connectivity index (χ1v) is 5.71. The normalized spacial score (nSPS) is 10.3. The van der Waals surface area contributed by atoms with Gasteiger partial charge in [-0.2, -0.15) is 0 Å². The van der Waals surface area contributed by atoms with E-state index in [-0.39, 0.29) is 18.3 Å². The van der Waals surface area contributed by atoms with Crippen molar-refractivity contribution in [2.45, 2.75) is 6.61 Å². The molecule has 2 aromatic rings. The van der Waals surface area contributed by atoms with Crippen LogP contribution in [0.5, 0.6) is 0 Å². The van der Waals surface area contributed by atoms with E-state index in [0.29, 0.717) is 16.9 Å². The van der Waals surface area contributed by atoms with Crippen LogP contribution in [0.25, 0.3) is 0 Å². The van der Waals surface area contributed by atoms with E-state index in [0.717, 1.165) is 0 Å². The minimum absolute atomic E-state index is 0.221. The highest BCUT2D eigenvalue weighted by atomic mass is 19.1. The summed E-state index contributed by atoms with van der Waals surface area (Å²) in [6.07, 6.45) is 1.47. The Morgan fingerprint density at radius 3 is 2.63 bits per heavy atom. The quantitative estimate of drug-likeness (QED) is 0.918. The summed E-state index contributed by atoms with van der Waals surface area (Å²) in [4.78, 5) is 17.5. The topological polar surface area (TPSA) is 53.4 Å². The number of carbonyl (C=O) groups is 1. The Hall–Kier alpha value is -2.27. The summed E-state index contributed by atoms with van der Waals surface area (Å²) in [7, 11) is 1.61. The van der Waals surface area contributed by atoms with Crippen LogP contribution in [0.4, 0.5) is 10.1 Å². The second-order valence-corrected chi connectivity index (χ2v) is 4.03. The van der Waals surface area contributed by atoms with E-state index in [9.17, 15) is 9.18 Å². The number of amides is 1. The summed E-state index contributed by atoms with van der Waals surface area (Å²) in [5, 5.41) is 9.00. The molecule has 0 saturated heterocycles. The maximum absolute atomic E-state index is 12.8. The molecule has 4 nitrogen and oxygen atoms in total. The third-order valence-corrected chi connectivity index (χ3v) is 2.74. The molecule has 98 valence electrons. The largest absolute Gasteiger partial charge is 0.390 e. The monoisotopic (exact) mass is 260 g/mol. The van der Waals surface area contributed by atoms with Gasteiger partial charge >= 0.3 is 0 Å². The second kappa shape index (κ2) is 5.58. The van der Waals surface area contributed by atoms with Gasteiger partial charge in [0.25, 0.3) is 5.91 Å². The Morgan fingerprint density at radius 1 is 1.32 bits per heavy atom. The van der Waals surface area contributed by atoms with Crippen LogP contribution in [0.2, 0.25) is 0 Å². The number of carbonyl (C=O) groups excluding carboxylic acids is 1. The summed E-state index contributed by atoms with van der Waals surface area (Å²) in [6.45, 7) is -0.221. The summed E-state index contributed by atoms with van der Waals surface area (Å²) in [5.41, 5.74) is 1.44. The highest BCUT2D eigenvalue weighted by Crippen LogP contribution is 2.16. The van der Waals surface area contributed by atoms with Gasteiger partial charge in [0.2, 0.25) is 0 Å². The van der Waals surface area contributed by atoms with Crippen molar-refractivity contribution in [3.05, 3.63) is 59.7 Å². The van der Waals surface area contributed by atoms with Crippen LogP contribution < -0.4 is 4.90 Å². The Kier molecular flexibility index (Phi) is 3.87. The molecule has 0 aliphatic heterocycles. The third kappa shape index (κ3) is 2.95. The molecule has 1 aromatic carbocycles. The molecular weight excluding hydrogens is 247 g/mol. The molecule has 0 saturated carbocycles. The van der Waals surface area contributed by atoms with Crippen molar-refractivity contribution in [2.75, 3.05) is 11.9 Å². The molecule has 1 heterocycles. The SMILES string of the molecule is CN(C(=O)c1ccnc(CO)c1)c1ccc(F)cc1. The molecule has 0 atom stereocenters. The van der Waals surface area contributed by atoms with E-state index in [1.165, 1.54) is 41.4 Å². The highest BCUT2D eigenvalue weighted by molar-refractivity contribution is 6.05. The number of pyridine rings is 1. The van der Waals surface area contributed by atoms with Crippen molar-refractivity contribution in [1.29, 1.82) is 0 Å². The second-order valence-electron chi connectivity index (χ2n) is 4.03. The Balaban J connectivity index is 2.25. The minimum atomic E-state index is -0.351. The van der Waals surface area contributed by atoms with Gasteiger partial charge in [-0.15, -0.1) is 0 Å². The molecule has 0 bridgehead atoms. The van der Waals surface area contributed by atoms with Crippen molar-refractivity contribution in [1.82, 2.24) is 4.98 Å². The van der Waals surface area contributed by atoms with E-state index in [1.807, 2.05) is 0 Å². The average molecular weight is 260 g/mol. The van der Waals surface area contributed by atoms with Gasteiger partial charge in [0.1, 0.15) is 5.82 Å². The highest BCUT2D eigenvalue weighted by Gasteiger charge is 2.14. The average Bonchev–Trinajstić information content (AvgIpc) is 2.46. The van der Waals surface area contributed by atoms with Gasteiger partial charge in [-0.1, -0.05) is 0 Å². The molecule has 1 aromatic heterocycles. The van der Waals surface area contributed by atoms with Crippen molar-refractivity contribution in [3.63, 3.8) is 0 Å². The van der Waals surface area contributed by atoms with Crippen LogP contribution >= 0.6 is 0 Å². The lowest BCUT2D eigenvalue weighted by atomic mass is 10.2. The van der Waals surface area contributed by atoms with Gasteiger partial charge < -0.3 is 10.0 Å². The molecule has 0 spiro atoms. The predicted octanol–water partition coefficient (Wildman–Crippen LogP) is 1.99. The fourth-order valence-electron chi connectivity index (χ4n) is 1.67. The fraction of sp³-hybridized carbons (Fsp3) is 0.143. The molecule has 1 N–H and O–H groups in total.